The molecule has 1 fully saturated rings. The average molecular weight is 316 g/mol. The number of aryl methyl sites for hydroxylation is 2. The molecule has 0 radical (unpaired) electrons. The minimum Gasteiger partial charge on any atom is -0.360 e. The summed E-state index contributed by atoms with van der Waals surface area (Å²) in [5, 5.41) is 10.4. The normalized spacial score (nSPS) is 17.6. The Morgan fingerprint density at radius 3 is 2.91 bits per heavy atom. The summed E-state index contributed by atoms with van der Waals surface area (Å²) in [7, 11) is 0. The van der Waals surface area contributed by atoms with E-state index in [4.69, 9.17) is 4.52 Å². The van der Waals surface area contributed by atoms with E-state index in [9.17, 15) is 4.79 Å². The molecule has 0 aliphatic carbocycles. The zero-order chi connectivity index (χ0) is 16.4. The zero-order valence-corrected chi connectivity index (χ0v) is 14.0. The van der Waals surface area contributed by atoms with Gasteiger partial charge in [-0.15, -0.1) is 0 Å². The van der Waals surface area contributed by atoms with Crippen molar-refractivity contribution in [3.05, 3.63) is 34.8 Å². The predicted molar refractivity (Wildman–Crippen MR) is 88.0 cm³/mol. The van der Waals surface area contributed by atoms with Crippen molar-refractivity contribution in [2.24, 2.45) is 5.92 Å². The first kappa shape index (κ1) is 15.8. The van der Waals surface area contributed by atoms with Crippen molar-refractivity contribution in [1.82, 2.24) is 20.4 Å². The summed E-state index contributed by atoms with van der Waals surface area (Å²) >= 11 is 0. The number of hydrogen-bond donors (Lipinski definition) is 2. The molecule has 1 aliphatic heterocycles. The van der Waals surface area contributed by atoms with Gasteiger partial charge in [-0.1, -0.05) is 5.16 Å². The molecule has 2 aromatic heterocycles. The maximum Gasteiger partial charge on any atom is 0.253 e. The molecule has 124 valence electrons. The highest BCUT2D eigenvalue weighted by atomic mass is 16.5. The van der Waals surface area contributed by atoms with E-state index in [2.05, 4.69) is 15.8 Å². The van der Waals surface area contributed by atoms with E-state index < -0.39 is 0 Å². The Labute approximate surface area is 136 Å². The third-order valence-corrected chi connectivity index (χ3v) is 4.52. The van der Waals surface area contributed by atoms with Crippen LogP contribution in [0.2, 0.25) is 0 Å². The molecule has 1 unspecified atom stereocenters. The number of carbonyl (C=O) groups is 1. The summed E-state index contributed by atoms with van der Waals surface area (Å²) in [6.45, 7) is 8.64. The molecule has 1 aliphatic rings. The molecule has 6 heteroatoms. The summed E-state index contributed by atoms with van der Waals surface area (Å²) in [5.41, 5.74) is 2.56. The summed E-state index contributed by atoms with van der Waals surface area (Å²) in [6, 6.07) is 3.78. The zero-order valence-electron chi connectivity index (χ0n) is 14.0. The molecule has 1 saturated heterocycles. The van der Waals surface area contributed by atoms with Crippen LogP contribution in [0.4, 0.5) is 0 Å². The summed E-state index contributed by atoms with van der Waals surface area (Å²) < 4.78 is 7.09. The number of hydrogen-bond acceptors (Lipinski definition) is 4. The minimum atomic E-state index is -0.0180. The van der Waals surface area contributed by atoms with Gasteiger partial charge in [-0.25, -0.2) is 0 Å². The van der Waals surface area contributed by atoms with E-state index in [1.165, 1.54) is 6.42 Å². The van der Waals surface area contributed by atoms with E-state index in [1.54, 1.807) is 0 Å². The second-order valence-corrected chi connectivity index (χ2v) is 6.32. The Morgan fingerprint density at radius 2 is 2.26 bits per heavy atom. The quantitative estimate of drug-likeness (QED) is 0.886. The largest absolute Gasteiger partial charge is 0.360 e. The van der Waals surface area contributed by atoms with Crippen molar-refractivity contribution in [3.8, 4) is 5.82 Å². The molecule has 2 N–H and O–H groups in total. The van der Waals surface area contributed by atoms with Gasteiger partial charge in [-0.2, -0.15) is 0 Å². The molecule has 2 aromatic rings. The maximum absolute atomic E-state index is 12.5. The molecule has 1 amide bonds. The molecule has 1 atom stereocenters. The SMILES string of the molecule is Cc1cc(-n2c(C)cc(C(=O)NCCC3CCNC3)c2C)no1. The fourth-order valence-electron chi connectivity index (χ4n) is 3.25. The van der Waals surface area contributed by atoms with Gasteiger partial charge in [0.25, 0.3) is 5.91 Å². The van der Waals surface area contributed by atoms with Crippen LogP contribution in [0.1, 0.15) is 40.3 Å². The van der Waals surface area contributed by atoms with E-state index in [-0.39, 0.29) is 5.91 Å². The topological polar surface area (TPSA) is 72.1 Å². The molecule has 6 nitrogen and oxygen atoms in total. The average Bonchev–Trinajstić information content (AvgIpc) is 3.21. The van der Waals surface area contributed by atoms with Gasteiger partial charge in [0.1, 0.15) is 5.76 Å². The lowest BCUT2D eigenvalue weighted by Crippen LogP contribution is -2.26. The molecule has 23 heavy (non-hydrogen) atoms. The molecular formula is C17H24N4O2. The van der Waals surface area contributed by atoms with Gasteiger partial charge in [0, 0.05) is 24.0 Å². The monoisotopic (exact) mass is 316 g/mol. The van der Waals surface area contributed by atoms with Crippen molar-refractivity contribution in [2.75, 3.05) is 19.6 Å². The van der Waals surface area contributed by atoms with Gasteiger partial charge in [0.15, 0.2) is 5.82 Å². The van der Waals surface area contributed by atoms with Crippen molar-refractivity contribution in [1.29, 1.82) is 0 Å². The molecule has 0 saturated carbocycles. The Hall–Kier alpha value is -2.08. The van der Waals surface area contributed by atoms with Crippen LogP contribution in [-0.2, 0) is 0 Å². The fraction of sp³-hybridized carbons (Fsp3) is 0.529. The molecule has 0 aromatic carbocycles. The molecule has 3 rings (SSSR count). The van der Waals surface area contributed by atoms with E-state index in [0.717, 1.165) is 43.2 Å². The second-order valence-electron chi connectivity index (χ2n) is 6.32. The first-order valence-corrected chi connectivity index (χ1v) is 8.18. The summed E-state index contributed by atoms with van der Waals surface area (Å²) in [6.07, 6.45) is 2.23. The Kier molecular flexibility index (Phi) is 4.52. The molecule has 0 bridgehead atoms. The minimum absolute atomic E-state index is 0.0180. The highest BCUT2D eigenvalue weighted by Crippen LogP contribution is 2.20. The van der Waals surface area contributed by atoms with E-state index in [0.29, 0.717) is 17.3 Å². The Bertz CT molecular complexity index is 696. The third-order valence-electron chi connectivity index (χ3n) is 4.52. The van der Waals surface area contributed by atoms with Crippen molar-refractivity contribution in [2.45, 2.75) is 33.6 Å². The first-order chi connectivity index (χ1) is 11.1. The summed E-state index contributed by atoms with van der Waals surface area (Å²) in [5.74, 6) is 2.13. The first-order valence-electron chi connectivity index (χ1n) is 8.18. The van der Waals surface area contributed by atoms with Gasteiger partial charge < -0.3 is 15.2 Å². The fourth-order valence-corrected chi connectivity index (χ4v) is 3.25. The molecule has 0 spiro atoms. The van der Waals surface area contributed by atoms with Crippen LogP contribution in [0.25, 0.3) is 5.82 Å². The number of nitrogens with zero attached hydrogens (tertiary/aromatic N) is 2. The number of rotatable bonds is 5. The second kappa shape index (κ2) is 6.58. The Balaban J connectivity index is 1.68. The van der Waals surface area contributed by atoms with Crippen molar-refractivity contribution in [3.63, 3.8) is 0 Å². The van der Waals surface area contributed by atoms with Crippen LogP contribution >= 0.6 is 0 Å². The van der Waals surface area contributed by atoms with Gasteiger partial charge in [-0.05, 0) is 58.7 Å². The lowest BCUT2D eigenvalue weighted by Gasteiger charge is -2.09. The predicted octanol–water partition coefficient (Wildman–Crippen LogP) is 2.12. The lowest BCUT2D eigenvalue weighted by molar-refractivity contribution is 0.0951. The van der Waals surface area contributed by atoms with Gasteiger partial charge in [-0.3, -0.25) is 9.36 Å². The van der Waals surface area contributed by atoms with Crippen molar-refractivity contribution >= 4 is 5.91 Å². The molecule has 3 heterocycles. The van der Waals surface area contributed by atoms with Crippen LogP contribution < -0.4 is 10.6 Å². The number of nitrogens with one attached hydrogen (secondary N) is 2. The van der Waals surface area contributed by atoms with Crippen LogP contribution in [0.15, 0.2) is 16.7 Å². The van der Waals surface area contributed by atoms with Crippen LogP contribution in [0, 0.1) is 26.7 Å². The van der Waals surface area contributed by atoms with Crippen LogP contribution in [0.3, 0.4) is 0 Å². The van der Waals surface area contributed by atoms with Crippen molar-refractivity contribution < 1.29 is 9.32 Å². The van der Waals surface area contributed by atoms with Gasteiger partial charge >= 0.3 is 0 Å². The lowest BCUT2D eigenvalue weighted by atomic mass is 10.1. The maximum atomic E-state index is 12.5. The Morgan fingerprint density at radius 1 is 1.43 bits per heavy atom. The number of carbonyl (C=O) groups excluding carboxylic acids is 1. The summed E-state index contributed by atoms with van der Waals surface area (Å²) in [4.78, 5) is 12.5. The standard InChI is InChI=1S/C17H24N4O2/c1-11-8-15(13(3)21(11)16-9-12(2)23-20-16)17(22)19-7-5-14-4-6-18-10-14/h8-9,14,18H,4-7,10H2,1-3H3,(H,19,22). The highest BCUT2D eigenvalue weighted by Gasteiger charge is 2.19. The van der Waals surface area contributed by atoms with Crippen LogP contribution in [0.5, 0.6) is 0 Å². The third kappa shape index (κ3) is 3.32. The highest BCUT2D eigenvalue weighted by molar-refractivity contribution is 5.95. The number of aromatic nitrogens is 2. The van der Waals surface area contributed by atoms with Gasteiger partial charge in [0.05, 0.1) is 5.56 Å². The van der Waals surface area contributed by atoms with Gasteiger partial charge in [0.2, 0.25) is 0 Å². The van der Waals surface area contributed by atoms with Crippen LogP contribution in [-0.4, -0.2) is 35.3 Å². The molecular weight excluding hydrogens is 292 g/mol. The smallest absolute Gasteiger partial charge is 0.253 e. The van der Waals surface area contributed by atoms with E-state index >= 15 is 0 Å². The number of amides is 1. The van der Waals surface area contributed by atoms with E-state index in [1.807, 2.05) is 37.5 Å².